The zero-order chi connectivity index (χ0) is 24.5. The Morgan fingerprint density at radius 3 is 2.32 bits per heavy atom. The predicted octanol–water partition coefficient (Wildman–Crippen LogP) is 4.27. The molecule has 11 heteroatoms. The highest BCUT2D eigenvalue weighted by atomic mass is 32.2. The third kappa shape index (κ3) is 4.95. The lowest BCUT2D eigenvalue weighted by molar-refractivity contribution is 0.371. The predicted molar refractivity (Wildman–Crippen MR) is 125 cm³/mol. The monoisotopic (exact) mass is 505 g/mol. The van der Waals surface area contributed by atoms with Crippen molar-refractivity contribution in [2.75, 3.05) is 10.5 Å². The quantitative estimate of drug-likeness (QED) is 0.519. The zero-order valence-electron chi connectivity index (χ0n) is 18.0. The lowest BCUT2D eigenvalue weighted by Gasteiger charge is -2.23. The molecule has 34 heavy (non-hydrogen) atoms. The Labute approximate surface area is 196 Å². The first-order valence-electron chi connectivity index (χ1n) is 10.3. The largest absolute Gasteiger partial charge is 0.284 e. The van der Waals surface area contributed by atoms with Gasteiger partial charge in [-0.3, -0.25) is 4.72 Å². The number of hydrogen-bond donors (Lipinski definition) is 1. The molecule has 1 heterocycles. The van der Waals surface area contributed by atoms with Gasteiger partial charge in [0.25, 0.3) is 10.0 Å². The smallest absolute Gasteiger partial charge is 0.279 e. The number of hydrazone groups is 1. The lowest BCUT2D eigenvalue weighted by atomic mass is 9.99. The van der Waals surface area contributed by atoms with Gasteiger partial charge in [0.2, 0.25) is 10.0 Å². The summed E-state index contributed by atoms with van der Waals surface area (Å²) in [7, 11) is -7.76. The summed E-state index contributed by atoms with van der Waals surface area (Å²) in [5.74, 6) is -1.29. The third-order valence-electron chi connectivity index (χ3n) is 5.32. The zero-order valence-corrected chi connectivity index (χ0v) is 19.7. The Morgan fingerprint density at radius 2 is 1.65 bits per heavy atom. The fourth-order valence-electron chi connectivity index (χ4n) is 3.57. The van der Waals surface area contributed by atoms with Crippen molar-refractivity contribution in [2.24, 2.45) is 5.10 Å². The van der Waals surface area contributed by atoms with Gasteiger partial charge in [0.1, 0.15) is 11.6 Å². The van der Waals surface area contributed by atoms with Crippen molar-refractivity contribution >= 4 is 31.4 Å². The Kier molecular flexibility index (Phi) is 6.41. The molecule has 0 saturated heterocycles. The van der Waals surface area contributed by atoms with E-state index in [2.05, 4.69) is 9.82 Å². The second-order valence-corrected chi connectivity index (χ2v) is 11.4. The van der Waals surface area contributed by atoms with Crippen LogP contribution in [0.4, 0.5) is 14.5 Å². The maximum Gasteiger partial charge on any atom is 0.279 e. The van der Waals surface area contributed by atoms with Crippen molar-refractivity contribution in [3.63, 3.8) is 0 Å². The molecule has 0 bridgehead atoms. The number of nitrogens with one attached hydrogen (secondary N) is 1. The lowest BCUT2D eigenvalue weighted by Crippen LogP contribution is -2.27. The Balaban J connectivity index is 1.77. The summed E-state index contributed by atoms with van der Waals surface area (Å²) in [6.07, 6.45) is 0.143. The van der Waals surface area contributed by atoms with Crippen LogP contribution in [0.15, 0.2) is 82.8 Å². The van der Waals surface area contributed by atoms with Crippen molar-refractivity contribution in [3.8, 4) is 0 Å². The number of anilines is 1. The summed E-state index contributed by atoms with van der Waals surface area (Å²) in [4.78, 5) is -0.269. The molecule has 0 radical (unpaired) electrons. The number of sulfonamides is 2. The van der Waals surface area contributed by atoms with E-state index in [1.54, 1.807) is 24.3 Å². The normalized spacial score (nSPS) is 16.4. The van der Waals surface area contributed by atoms with Crippen molar-refractivity contribution in [1.29, 1.82) is 0 Å². The molecule has 178 valence electrons. The van der Waals surface area contributed by atoms with E-state index in [0.717, 1.165) is 16.5 Å². The fraction of sp³-hybridized carbons (Fsp3) is 0.174. The molecule has 1 N–H and O–H groups in total. The number of halogens is 2. The van der Waals surface area contributed by atoms with Gasteiger partial charge in [0.15, 0.2) is 0 Å². The molecule has 1 atom stereocenters. The third-order valence-corrected chi connectivity index (χ3v) is 8.30. The van der Waals surface area contributed by atoms with E-state index in [1.807, 2.05) is 0 Å². The van der Waals surface area contributed by atoms with E-state index in [0.29, 0.717) is 22.5 Å². The highest BCUT2D eigenvalue weighted by Crippen LogP contribution is 2.37. The molecule has 7 nitrogen and oxygen atoms in total. The van der Waals surface area contributed by atoms with Crippen LogP contribution in [0, 0.1) is 11.6 Å². The first-order valence-corrected chi connectivity index (χ1v) is 13.4. The van der Waals surface area contributed by atoms with E-state index in [-0.39, 0.29) is 17.1 Å². The SMILES string of the molecule is CCS(=O)(=O)Nc1cccc(C2=NN(S(=O)(=O)c3cccc(F)c3)[C@@H](c3ccc(F)cc3)C2)c1. The number of benzene rings is 3. The van der Waals surface area contributed by atoms with Crippen LogP contribution in [0.2, 0.25) is 0 Å². The second-order valence-electron chi connectivity index (χ2n) is 7.64. The number of nitrogens with zero attached hydrogens (tertiary/aromatic N) is 2. The van der Waals surface area contributed by atoms with Crippen LogP contribution in [0.3, 0.4) is 0 Å². The van der Waals surface area contributed by atoms with Crippen LogP contribution in [-0.2, 0) is 20.0 Å². The minimum Gasteiger partial charge on any atom is -0.284 e. The van der Waals surface area contributed by atoms with Crippen LogP contribution in [0.1, 0.15) is 30.5 Å². The standard InChI is InChI=1S/C23H21F2N3O4S2/c1-2-33(29,30)27-20-7-3-5-17(13-20)22-15-23(16-9-11-18(24)12-10-16)28(26-22)34(31,32)21-8-4-6-19(25)14-21/h3-14,23,27H,2,15H2,1H3/t23-/m1/s1. The molecule has 0 unspecified atom stereocenters. The summed E-state index contributed by atoms with van der Waals surface area (Å²) in [5.41, 5.74) is 1.71. The minimum absolute atomic E-state index is 0.107. The van der Waals surface area contributed by atoms with Crippen molar-refractivity contribution in [1.82, 2.24) is 4.41 Å². The molecule has 3 aromatic rings. The summed E-state index contributed by atoms with van der Waals surface area (Å²) < 4.78 is 81.3. The maximum atomic E-state index is 13.8. The average Bonchev–Trinajstić information content (AvgIpc) is 3.26. The second kappa shape index (κ2) is 9.15. The highest BCUT2D eigenvalue weighted by molar-refractivity contribution is 7.92. The summed E-state index contributed by atoms with van der Waals surface area (Å²) in [5, 5.41) is 4.34. The summed E-state index contributed by atoms with van der Waals surface area (Å²) in [6.45, 7) is 1.51. The van der Waals surface area contributed by atoms with Gasteiger partial charge in [0, 0.05) is 12.1 Å². The maximum absolute atomic E-state index is 13.8. The van der Waals surface area contributed by atoms with Gasteiger partial charge in [-0.25, -0.2) is 17.2 Å². The van der Waals surface area contributed by atoms with Crippen LogP contribution >= 0.6 is 0 Å². The van der Waals surface area contributed by atoms with Gasteiger partial charge in [-0.15, -0.1) is 0 Å². The van der Waals surface area contributed by atoms with Gasteiger partial charge >= 0.3 is 0 Å². The molecule has 0 aromatic heterocycles. The Morgan fingerprint density at radius 1 is 0.941 bits per heavy atom. The van der Waals surface area contributed by atoms with E-state index in [9.17, 15) is 25.6 Å². The number of hydrogen-bond acceptors (Lipinski definition) is 5. The molecule has 4 rings (SSSR count). The van der Waals surface area contributed by atoms with Crippen LogP contribution in [0.25, 0.3) is 0 Å². The van der Waals surface area contributed by atoms with Gasteiger partial charge in [-0.1, -0.05) is 30.3 Å². The Bertz CT molecular complexity index is 1460. The van der Waals surface area contributed by atoms with Gasteiger partial charge in [0.05, 0.1) is 22.4 Å². The molecule has 3 aromatic carbocycles. The van der Waals surface area contributed by atoms with Crippen molar-refractivity contribution < 1.29 is 25.6 Å². The molecular weight excluding hydrogens is 484 g/mol. The summed E-state index contributed by atoms with van der Waals surface area (Å²) >= 11 is 0. The van der Waals surface area contributed by atoms with E-state index < -0.39 is 37.7 Å². The van der Waals surface area contributed by atoms with Crippen molar-refractivity contribution in [3.05, 3.63) is 95.6 Å². The molecule has 1 aliphatic rings. The van der Waals surface area contributed by atoms with E-state index in [4.69, 9.17) is 0 Å². The molecule has 0 fully saturated rings. The van der Waals surface area contributed by atoms with E-state index in [1.165, 1.54) is 43.3 Å². The Hall–Kier alpha value is -3.31. The molecule has 1 aliphatic heterocycles. The van der Waals surface area contributed by atoms with Crippen LogP contribution < -0.4 is 4.72 Å². The first-order chi connectivity index (χ1) is 16.1. The van der Waals surface area contributed by atoms with Crippen LogP contribution in [-0.4, -0.2) is 32.7 Å². The first kappa shape index (κ1) is 23.8. The molecular formula is C23H21F2N3O4S2. The minimum atomic E-state index is -4.25. The van der Waals surface area contributed by atoms with Gasteiger partial charge < -0.3 is 0 Å². The van der Waals surface area contributed by atoms with Gasteiger partial charge in [-0.05, 0) is 60.5 Å². The van der Waals surface area contributed by atoms with Crippen LogP contribution in [0.5, 0.6) is 0 Å². The van der Waals surface area contributed by atoms with Crippen molar-refractivity contribution in [2.45, 2.75) is 24.3 Å². The van der Waals surface area contributed by atoms with Gasteiger partial charge in [-0.2, -0.15) is 17.9 Å². The average molecular weight is 506 g/mol. The summed E-state index contributed by atoms with van der Waals surface area (Å²) in [6, 6.07) is 15.6. The van der Waals surface area contributed by atoms with E-state index >= 15 is 0 Å². The number of rotatable bonds is 7. The molecule has 0 saturated carbocycles. The topological polar surface area (TPSA) is 95.9 Å². The highest BCUT2D eigenvalue weighted by Gasteiger charge is 2.38. The molecule has 0 amide bonds. The molecule has 0 spiro atoms. The molecule has 0 aliphatic carbocycles. The fourth-order valence-corrected chi connectivity index (χ4v) is 5.66.